The van der Waals surface area contributed by atoms with Crippen molar-refractivity contribution in [1.29, 1.82) is 0 Å². The first-order valence-corrected chi connectivity index (χ1v) is 6.68. The predicted molar refractivity (Wildman–Crippen MR) is 82.3 cm³/mol. The highest BCUT2D eigenvalue weighted by Crippen LogP contribution is 2.21. The Morgan fingerprint density at radius 2 is 1.59 bits per heavy atom. The van der Waals surface area contributed by atoms with Crippen LogP contribution in [-0.4, -0.2) is 17.0 Å². The molecule has 0 spiro atoms. The number of ether oxygens (including phenoxy) is 1. The summed E-state index contributed by atoms with van der Waals surface area (Å²) in [5, 5.41) is 10.7. The average Bonchev–Trinajstić information content (AvgIpc) is 2.54. The molecule has 0 atom stereocenters. The number of carbonyl (C=O) groups is 2. The average molecular weight is 292 g/mol. The molecule has 0 aliphatic rings. The van der Waals surface area contributed by atoms with Crippen LogP contribution in [0.1, 0.15) is 20.7 Å². The summed E-state index contributed by atoms with van der Waals surface area (Å²) in [5.74, 6) is -1.37. The second kappa shape index (κ2) is 5.69. The van der Waals surface area contributed by atoms with Crippen LogP contribution in [0.2, 0.25) is 0 Å². The zero-order chi connectivity index (χ0) is 15.5. The maximum atomic E-state index is 12.3. The van der Waals surface area contributed by atoms with Crippen molar-refractivity contribution in [3.8, 4) is 5.75 Å². The summed E-state index contributed by atoms with van der Waals surface area (Å²) in [6.45, 7) is 0. The molecule has 0 amide bonds. The van der Waals surface area contributed by atoms with Crippen molar-refractivity contribution in [2.45, 2.75) is 0 Å². The molecular weight excluding hydrogens is 280 g/mol. The third kappa shape index (κ3) is 2.67. The van der Waals surface area contributed by atoms with Crippen LogP contribution in [-0.2, 0) is 0 Å². The number of benzene rings is 3. The van der Waals surface area contributed by atoms with Gasteiger partial charge in [0.1, 0.15) is 5.75 Å². The molecule has 4 nitrogen and oxygen atoms in total. The molecule has 3 rings (SSSR count). The number of carboxylic acids is 1. The normalized spacial score (nSPS) is 10.4. The third-order valence-electron chi connectivity index (χ3n) is 3.30. The first-order chi connectivity index (χ1) is 10.6. The van der Waals surface area contributed by atoms with Crippen molar-refractivity contribution in [3.05, 3.63) is 77.9 Å². The van der Waals surface area contributed by atoms with Gasteiger partial charge < -0.3 is 9.84 Å². The number of aromatic carboxylic acids is 1. The van der Waals surface area contributed by atoms with Crippen LogP contribution < -0.4 is 4.74 Å². The van der Waals surface area contributed by atoms with Crippen molar-refractivity contribution in [2.24, 2.45) is 0 Å². The van der Waals surface area contributed by atoms with Gasteiger partial charge in [-0.1, -0.05) is 42.5 Å². The van der Waals surface area contributed by atoms with E-state index in [9.17, 15) is 9.59 Å². The lowest BCUT2D eigenvalue weighted by Gasteiger charge is -2.07. The lowest BCUT2D eigenvalue weighted by atomic mass is 10.0. The van der Waals surface area contributed by atoms with Crippen molar-refractivity contribution in [3.63, 3.8) is 0 Å². The van der Waals surface area contributed by atoms with Gasteiger partial charge in [-0.05, 0) is 35.0 Å². The highest BCUT2D eigenvalue weighted by Gasteiger charge is 2.13. The summed E-state index contributed by atoms with van der Waals surface area (Å²) in [6.07, 6.45) is 0. The highest BCUT2D eigenvalue weighted by atomic mass is 16.5. The fraction of sp³-hybridized carbons (Fsp3) is 0. The van der Waals surface area contributed by atoms with Gasteiger partial charge in [0.15, 0.2) is 0 Å². The number of rotatable bonds is 3. The minimum Gasteiger partial charge on any atom is -0.478 e. The van der Waals surface area contributed by atoms with Crippen molar-refractivity contribution >= 4 is 22.7 Å². The van der Waals surface area contributed by atoms with Crippen LogP contribution >= 0.6 is 0 Å². The molecule has 0 saturated heterocycles. The fourth-order valence-corrected chi connectivity index (χ4v) is 2.26. The van der Waals surface area contributed by atoms with Gasteiger partial charge in [0.2, 0.25) is 0 Å². The van der Waals surface area contributed by atoms with Crippen LogP contribution in [0.25, 0.3) is 10.8 Å². The van der Waals surface area contributed by atoms with Gasteiger partial charge in [0.05, 0.1) is 11.1 Å². The molecule has 0 saturated carbocycles. The first-order valence-electron chi connectivity index (χ1n) is 6.68. The number of fused-ring (bicyclic) bond motifs is 1. The minimum absolute atomic E-state index is 0.0724. The van der Waals surface area contributed by atoms with E-state index in [4.69, 9.17) is 9.84 Å². The Labute approximate surface area is 126 Å². The molecule has 0 aromatic heterocycles. The van der Waals surface area contributed by atoms with E-state index in [1.807, 2.05) is 30.3 Å². The predicted octanol–water partition coefficient (Wildman–Crippen LogP) is 3.76. The first kappa shape index (κ1) is 13.8. The molecule has 0 bridgehead atoms. The van der Waals surface area contributed by atoms with Gasteiger partial charge in [-0.3, -0.25) is 0 Å². The van der Waals surface area contributed by atoms with E-state index in [0.29, 0.717) is 5.56 Å². The molecule has 108 valence electrons. The van der Waals surface area contributed by atoms with Crippen LogP contribution in [0.4, 0.5) is 0 Å². The van der Waals surface area contributed by atoms with Crippen molar-refractivity contribution in [2.75, 3.05) is 0 Å². The molecular formula is C18H12O4. The molecule has 4 heteroatoms. The summed E-state index contributed by atoms with van der Waals surface area (Å²) in [6, 6.07) is 18.7. The van der Waals surface area contributed by atoms with E-state index in [2.05, 4.69) is 0 Å². The Morgan fingerprint density at radius 3 is 2.41 bits per heavy atom. The van der Waals surface area contributed by atoms with Crippen LogP contribution in [0.3, 0.4) is 0 Å². The number of hydrogen-bond acceptors (Lipinski definition) is 3. The molecule has 3 aromatic rings. The molecule has 0 aliphatic heterocycles. The number of esters is 1. The highest BCUT2D eigenvalue weighted by molar-refractivity contribution is 6.05. The maximum Gasteiger partial charge on any atom is 0.344 e. The molecule has 1 N–H and O–H groups in total. The van der Waals surface area contributed by atoms with Crippen LogP contribution in [0.15, 0.2) is 66.7 Å². The largest absolute Gasteiger partial charge is 0.478 e. The third-order valence-corrected chi connectivity index (χ3v) is 3.30. The molecule has 0 fully saturated rings. The Hall–Kier alpha value is -3.14. The summed E-state index contributed by atoms with van der Waals surface area (Å²) in [7, 11) is 0. The minimum atomic E-state index is -1.07. The smallest absolute Gasteiger partial charge is 0.344 e. The fourth-order valence-electron chi connectivity index (χ4n) is 2.26. The number of carboxylic acid groups (broad SMARTS) is 1. The van der Waals surface area contributed by atoms with Gasteiger partial charge in [-0.25, -0.2) is 9.59 Å². The van der Waals surface area contributed by atoms with E-state index in [-0.39, 0.29) is 11.3 Å². The van der Waals surface area contributed by atoms with Crippen LogP contribution in [0, 0.1) is 0 Å². The second-order valence-corrected chi connectivity index (χ2v) is 4.75. The lowest BCUT2D eigenvalue weighted by molar-refractivity contribution is 0.0688. The number of carbonyl (C=O) groups excluding carboxylic acids is 1. The van der Waals surface area contributed by atoms with E-state index in [1.54, 1.807) is 18.2 Å². The zero-order valence-electron chi connectivity index (χ0n) is 11.5. The number of hydrogen-bond donors (Lipinski definition) is 1. The quantitative estimate of drug-likeness (QED) is 0.589. The van der Waals surface area contributed by atoms with Crippen molar-refractivity contribution in [1.82, 2.24) is 0 Å². The summed E-state index contributed by atoms with van der Waals surface area (Å²) in [4.78, 5) is 23.3. The summed E-state index contributed by atoms with van der Waals surface area (Å²) in [5.41, 5.74) is 0.516. The van der Waals surface area contributed by atoms with E-state index in [0.717, 1.165) is 10.8 Å². The van der Waals surface area contributed by atoms with E-state index < -0.39 is 11.9 Å². The van der Waals surface area contributed by atoms with Crippen molar-refractivity contribution < 1.29 is 19.4 Å². The lowest BCUT2D eigenvalue weighted by Crippen LogP contribution is -2.09. The van der Waals surface area contributed by atoms with E-state index in [1.165, 1.54) is 18.2 Å². The molecule has 22 heavy (non-hydrogen) atoms. The molecule has 3 aromatic carbocycles. The van der Waals surface area contributed by atoms with Gasteiger partial charge in [-0.15, -0.1) is 0 Å². The summed E-state index contributed by atoms with van der Waals surface area (Å²) >= 11 is 0. The Bertz CT molecular complexity index is 862. The van der Waals surface area contributed by atoms with E-state index >= 15 is 0 Å². The Kier molecular flexibility index (Phi) is 3.58. The Balaban J connectivity index is 1.94. The second-order valence-electron chi connectivity index (χ2n) is 4.75. The zero-order valence-corrected chi connectivity index (χ0v) is 11.5. The van der Waals surface area contributed by atoms with Gasteiger partial charge in [0, 0.05) is 0 Å². The molecule has 0 unspecified atom stereocenters. The SMILES string of the molecule is O=C(O)c1cccc(OC(=O)c2cccc3ccccc23)c1. The summed E-state index contributed by atoms with van der Waals surface area (Å²) < 4.78 is 5.30. The Morgan fingerprint density at radius 1 is 0.864 bits per heavy atom. The maximum absolute atomic E-state index is 12.3. The van der Waals surface area contributed by atoms with Gasteiger partial charge in [-0.2, -0.15) is 0 Å². The van der Waals surface area contributed by atoms with Gasteiger partial charge in [0.25, 0.3) is 0 Å². The van der Waals surface area contributed by atoms with Gasteiger partial charge >= 0.3 is 11.9 Å². The topological polar surface area (TPSA) is 63.6 Å². The standard InChI is InChI=1S/C18H12O4/c19-17(20)13-7-3-8-14(11-13)22-18(21)16-10-4-6-12-5-1-2-9-15(12)16/h1-11H,(H,19,20). The molecule has 0 heterocycles. The molecule has 0 aliphatic carbocycles. The monoisotopic (exact) mass is 292 g/mol. The molecule has 0 radical (unpaired) electrons. The van der Waals surface area contributed by atoms with Crippen LogP contribution in [0.5, 0.6) is 5.75 Å².